The van der Waals surface area contributed by atoms with E-state index < -0.39 is 0 Å². The quantitative estimate of drug-likeness (QED) is 0.546. The second-order valence-electron chi connectivity index (χ2n) is 3.55. The summed E-state index contributed by atoms with van der Waals surface area (Å²) in [6, 6.07) is 11.4. The van der Waals surface area contributed by atoms with Gasteiger partial charge in [0.05, 0.1) is 11.4 Å². The Hall–Kier alpha value is -2.16. The first kappa shape index (κ1) is 8.17. The lowest BCUT2D eigenvalue weighted by atomic mass is 10.1. The van der Waals surface area contributed by atoms with Crippen molar-refractivity contribution in [2.45, 2.75) is 0 Å². The van der Waals surface area contributed by atoms with Crippen molar-refractivity contribution in [3.63, 3.8) is 0 Å². The molecule has 3 heteroatoms. The minimum Gasteiger partial charge on any atom is -0.452 e. The molecule has 0 saturated heterocycles. The lowest BCUT2D eigenvalue weighted by Crippen LogP contribution is -1.82. The SMILES string of the molecule is Nc1cccc2c1oc1c(N)cccc12. The minimum absolute atomic E-state index is 0.642. The third-order valence-electron chi connectivity index (χ3n) is 2.59. The van der Waals surface area contributed by atoms with Crippen LogP contribution in [0.4, 0.5) is 11.4 Å². The van der Waals surface area contributed by atoms with Crippen LogP contribution in [0.25, 0.3) is 21.9 Å². The van der Waals surface area contributed by atoms with Gasteiger partial charge in [-0.2, -0.15) is 0 Å². The van der Waals surface area contributed by atoms with E-state index in [4.69, 9.17) is 15.9 Å². The number of benzene rings is 2. The second kappa shape index (κ2) is 2.67. The minimum atomic E-state index is 0.642. The molecule has 0 spiro atoms. The number of hydrogen-bond acceptors (Lipinski definition) is 3. The van der Waals surface area contributed by atoms with Crippen LogP contribution in [0.15, 0.2) is 40.8 Å². The summed E-state index contributed by atoms with van der Waals surface area (Å²) in [5, 5.41) is 2.02. The van der Waals surface area contributed by atoms with Crippen LogP contribution in [0.3, 0.4) is 0 Å². The number of fused-ring (bicyclic) bond motifs is 3. The Kier molecular flexibility index (Phi) is 1.45. The molecule has 3 nitrogen and oxygen atoms in total. The number of anilines is 2. The maximum atomic E-state index is 5.84. The van der Waals surface area contributed by atoms with Crippen molar-refractivity contribution in [1.82, 2.24) is 0 Å². The normalized spacial score (nSPS) is 11.2. The van der Waals surface area contributed by atoms with E-state index in [9.17, 15) is 0 Å². The van der Waals surface area contributed by atoms with Gasteiger partial charge in [-0.3, -0.25) is 0 Å². The van der Waals surface area contributed by atoms with Crippen LogP contribution >= 0.6 is 0 Å². The van der Waals surface area contributed by atoms with Crippen LogP contribution in [-0.2, 0) is 0 Å². The predicted molar refractivity (Wildman–Crippen MR) is 62.5 cm³/mol. The predicted octanol–water partition coefficient (Wildman–Crippen LogP) is 2.75. The van der Waals surface area contributed by atoms with Crippen LogP contribution in [0.5, 0.6) is 0 Å². The summed E-state index contributed by atoms with van der Waals surface area (Å²) in [5.41, 5.74) is 14.4. The van der Waals surface area contributed by atoms with Crippen LogP contribution < -0.4 is 11.5 Å². The molecule has 0 amide bonds. The van der Waals surface area contributed by atoms with Crippen molar-refractivity contribution in [2.75, 3.05) is 11.5 Å². The Morgan fingerprint density at radius 3 is 1.67 bits per heavy atom. The second-order valence-corrected chi connectivity index (χ2v) is 3.55. The summed E-state index contributed by atoms with van der Waals surface area (Å²) in [5.74, 6) is 0. The van der Waals surface area contributed by atoms with Crippen molar-refractivity contribution in [1.29, 1.82) is 0 Å². The molecular weight excluding hydrogens is 188 g/mol. The molecule has 4 N–H and O–H groups in total. The Morgan fingerprint density at radius 2 is 1.20 bits per heavy atom. The molecule has 15 heavy (non-hydrogen) atoms. The van der Waals surface area contributed by atoms with E-state index in [2.05, 4.69) is 0 Å². The number of hydrogen-bond donors (Lipinski definition) is 2. The number of para-hydroxylation sites is 2. The molecule has 0 unspecified atom stereocenters. The Labute approximate surface area is 86.3 Å². The van der Waals surface area contributed by atoms with Crippen LogP contribution in [-0.4, -0.2) is 0 Å². The van der Waals surface area contributed by atoms with Gasteiger partial charge in [-0.05, 0) is 12.1 Å². The third-order valence-corrected chi connectivity index (χ3v) is 2.59. The lowest BCUT2D eigenvalue weighted by Gasteiger charge is -1.92. The van der Waals surface area contributed by atoms with Gasteiger partial charge >= 0.3 is 0 Å². The van der Waals surface area contributed by atoms with E-state index in [1.54, 1.807) is 0 Å². The molecule has 1 heterocycles. The standard InChI is InChI=1S/C12H10N2O/c13-9-5-1-3-7-8-4-2-6-10(14)12(8)15-11(7)9/h1-6H,13-14H2. The van der Waals surface area contributed by atoms with Gasteiger partial charge in [0.1, 0.15) is 0 Å². The number of furan rings is 1. The molecule has 3 rings (SSSR count). The molecule has 0 aliphatic heterocycles. The zero-order valence-electron chi connectivity index (χ0n) is 8.03. The molecule has 0 bridgehead atoms. The highest BCUT2D eigenvalue weighted by Gasteiger charge is 2.09. The lowest BCUT2D eigenvalue weighted by molar-refractivity contribution is 0.672. The molecule has 1 aromatic heterocycles. The van der Waals surface area contributed by atoms with Gasteiger partial charge in [0.15, 0.2) is 11.2 Å². The Bertz CT molecular complexity index is 599. The first-order chi connectivity index (χ1) is 7.27. The van der Waals surface area contributed by atoms with Crippen molar-refractivity contribution >= 4 is 33.3 Å². The largest absolute Gasteiger partial charge is 0.452 e. The van der Waals surface area contributed by atoms with Crippen LogP contribution in [0, 0.1) is 0 Å². The first-order valence-electron chi connectivity index (χ1n) is 4.72. The van der Waals surface area contributed by atoms with Gasteiger partial charge in [-0.1, -0.05) is 24.3 Å². The summed E-state index contributed by atoms with van der Waals surface area (Å²) in [4.78, 5) is 0. The van der Waals surface area contributed by atoms with Gasteiger partial charge in [-0.25, -0.2) is 0 Å². The Balaban J connectivity index is 2.63. The number of rotatable bonds is 0. The van der Waals surface area contributed by atoms with E-state index in [-0.39, 0.29) is 0 Å². The zero-order chi connectivity index (χ0) is 10.4. The zero-order valence-corrected chi connectivity index (χ0v) is 8.03. The smallest absolute Gasteiger partial charge is 0.158 e. The van der Waals surface area contributed by atoms with Gasteiger partial charge in [0.2, 0.25) is 0 Å². The van der Waals surface area contributed by atoms with Crippen molar-refractivity contribution in [3.05, 3.63) is 36.4 Å². The monoisotopic (exact) mass is 198 g/mol. The van der Waals surface area contributed by atoms with Gasteiger partial charge < -0.3 is 15.9 Å². The fourth-order valence-electron chi connectivity index (χ4n) is 1.86. The molecule has 74 valence electrons. The Morgan fingerprint density at radius 1 is 0.733 bits per heavy atom. The third kappa shape index (κ3) is 1.00. The van der Waals surface area contributed by atoms with E-state index in [1.165, 1.54) is 0 Å². The van der Waals surface area contributed by atoms with E-state index in [1.807, 2.05) is 36.4 Å². The molecular formula is C12H10N2O. The molecule has 0 aliphatic rings. The van der Waals surface area contributed by atoms with Gasteiger partial charge in [0, 0.05) is 10.8 Å². The van der Waals surface area contributed by atoms with Crippen molar-refractivity contribution in [2.24, 2.45) is 0 Å². The molecule has 0 atom stereocenters. The topological polar surface area (TPSA) is 65.2 Å². The molecule has 2 aromatic carbocycles. The molecule has 3 aromatic rings. The summed E-state index contributed by atoms with van der Waals surface area (Å²) >= 11 is 0. The van der Waals surface area contributed by atoms with E-state index in [0.717, 1.165) is 10.8 Å². The van der Waals surface area contributed by atoms with E-state index in [0.29, 0.717) is 22.5 Å². The highest BCUT2D eigenvalue weighted by molar-refractivity contribution is 6.11. The summed E-state index contributed by atoms with van der Waals surface area (Å²) < 4.78 is 5.66. The molecule has 0 radical (unpaired) electrons. The molecule has 0 saturated carbocycles. The maximum Gasteiger partial charge on any atom is 0.158 e. The first-order valence-corrected chi connectivity index (χ1v) is 4.72. The fourth-order valence-corrected chi connectivity index (χ4v) is 1.86. The van der Waals surface area contributed by atoms with Gasteiger partial charge in [-0.15, -0.1) is 0 Å². The van der Waals surface area contributed by atoms with Crippen LogP contribution in [0.2, 0.25) is 0 Å². The summed E-state index contributed by atoms with van der Waals surface area (Å²) in [7, 11) is 0. The van der Waals surface area contributed by atoms with Gasteiger partial charge in [0.25, 0.3) is 0 Å². The van der Waals surface area contributed by atoms with Crippen LogP contribution in [0.1, 0.15) is 0 Å². The number of nitrogen functional groups attached to an aromatic ring is 2. The summed E-state index contributed by atoms with van der Waals surface area (Å²) in [6.45, 7) is 0. The highest BCUT2D eigenvalue weighted by Crippen LogP contribution is 2.34. The number of nitrogens with two attached hydrogens (primary N) is 2. The molecule has 0 aliphatic carbocycles. The fraction of sp³-hybridized carbons (Fsp3) is 0. The summed E-state index contributed by atoms with van der Waals surface area (Å²) in [6.07, 6.45) is 0. The maximum absolute atomic E-state index is 5.84. The van der Waals surface area contributed by atoms with E-state index >= 15 is 0 Å². The van der Waals surface area contributed by atoms with Crippen molar-refractivity contribution in [3.8, 4) is 0 Å². The molecule has 0 fully saturated rings. The highest BCUT2D eigenvalue weighted by atomic mass is 16.3. The average molecular weight is 198 g/mol. The average Bonchev–Trinajstić information content (AvgIpc) is 2.60. The van der Waals surface area contributed by atoms with Crippen molar-refractivity contribution < 1.29 is 4.42 Å².